The van der Waals surface area contributed by atoms with Crippen LogP contribution in [0.15, 0.2) is 24.3 Å². The van der Waals surface area contributed by atoms with Crippen molar-refractivity contribution >= 4 is 17.5 Å². The molecule has 0 saturated carbocycles. The number of halogens is 1. The highest BCUT2D eigenvalue weighted by molar-refractivity contribution is 6.32. The molecule has 2 rings (SSSR count). The maximum atomic E-state index is 6.00. The molecule has 0 amide bonds. The van der Waals surface area contributed by atoms with Crippen molar-refractivity contribution < 1.29 is 0 Å². The highest BCUT2D eigenvalue weighted by atomic mass is 35.5. The van der Waals surface area contributed by atoms with Gasteiger partial charge in [-0.2, -0.15) is 9.67 Å². The normalized spacial score (nSPS) is 10.4. The van der Waals surface area contributed by atoms with Crippen molar-refractivity contribution in [3.63, 3.8) is 0 Å². The molecule has 0 radical (unpaired) electrons. The quantitative estimate of drug-likeness (QED) is 0.778. The molecular weight excluding hydrogens is 200 g/mol. The highest BCUT2D eigenvalue weighted by Gasteiger charge is 2.08. The third kappa shape index (κ3) is 1.44. The van der Waals surface area contributed by atoms with E-state index in [1.165, 1.54) is 4.68 Å². The Morgan fingerprint density at radius 1 is 1.36 bits per heavy atom. The van der Waals surface area contributed by atoms with E-state index in [0.29, 0.717) is 16.8 Å². The Morgan fingerprint density at radius 3 is 2.64 bits per heavy atom. The van der Waals surface area contributed by atoms with Crippen LogP contribution in [0.1, 0.15) is 5.82 Å². The van der Waals surface area contributed by atoms with Gasteiger partial charge < -0.3 is 5.73 Å². The minimum atomic E-state index is 0.343. The van der Waals surface area contributed by atoms with Gasteiger partial charge in [-0.1, -0.05) is 23.7 Å². The monoisotopic (exact) mass is 208 g/mol. The molecule has 2 aromatic rings. The van der Waals surface area contributed by atoms with E-state index in [-0.39, 0.29) is 0 Å². The molecule has 0 bridgehead atoms. The standard InChI is InChI=1S/C9H9ClN4/c1-6-12-9(11)14(13-6)8-5-3-2-4-7(8)10/h2-5H,1H3,(H2,11,12,13). The van der Waals surface area contributed by atoms with Crippen LogP contribution < -0.4 is 5.73 Å². The van der Waals surface area contributed by atoms with E-state index in [9.17, 15) is 0 Å². The Labute approximate surface area is 86.3 Å². The van der Waals surface area contributed by atoms with E-state index < -0.39 is 0 Å². The molecule has 72 valence electrons. The Kier molecular flexibility index (Phi) is 2.13. The fourth-order valence-corrected chi connectivity index (χ4v) is 1.45. The molecular formula is C9H9ClN4. The van der Waals surface area contributed by atoms with E-state index in [4.69, 9.17) is 17.3 Å². The predicted octanol–water partition coefficient (Wildman–Crippen LogP) is 1.81. The topological polar surface area (TPSA) is 56.7 Å². The van der Waals surface area contributed by atoms with Gasteiger partial charge in [0.05, 0.1) is 10.7 Å². The summed E-state index contributed by atoms with van der Waals surface area (Å²) in [7, 11) is 0. The van der Waals surface area contributed by atoms with Crippen LogP contribution in [0.3, 0.4) is 0 Å². The largest absolute Gasteiger partial charge is 0.368 e. The van der Waals surface area contributed by atoms with Gasteiger partial charge in [-0.25, -0.2) is 0 Å². The first kappa shape index (κ1) is 9.02. The molecule has 0 unspecified atom stereocenters. The third-order valence-corrected chi connectivity index (χ3v) is 2.14. The van der Waals surface area contributed by atoms with Gasteiger partial charge in [-0.05, 0) is 19.1 Å². The van der Waals surface area contributed by atoms with Crippen molar-refractivity contribution in [3.8, 4) is 5.69 Å². The Bertz CT molecular complexity index is 464. The average Bonchev–Trinajstić information content (AvgIpc) is 2.46. The molecule has 1 aromatic heterocycles. The summed E-state index contributed by atoms with van der Waals surface area (Å²) in [6.07, 6.45) is 0. The van der Waals surface area contributed by atoms with Gasteiger partial charge in [0.1, 0.15) is 5.82 Å². The lowest BCUT2D eigenvalue weighted by Gasteiger charge is -2.03. The Balaban J connectivity index is 2.60. The molecule has 0 fully saturated rings. The van der Waals surface area contributed by atoms with Crippen LogP contribution in [-0.2, 0) is 0 Å². The van der Waals surface area contributed by atoms with Gasteiger partial charge in [0.2, 0.25) is 5.95 Å². The fraction of sp³-hybridized carbons (Fsp3) is 0.111. The van der Waals surface area contributed by atoms with Crippen LogP contribution in [-0.4, -0.2) is 14.8 Å². The number of nitrogen functional groups attached to an aromatic ring is 1. The Morgan fingerprint density at radius 2 is 2.07 bits per heavy atom. The average molecular weight is 209 g/mol. The lowest BCUT2D eigenvalue weighted by molar-refractivity contribution is 0.872. The van der Waals surface area contributed by atoms with Crippen molar-refractivity contribution in [1.29, 1.82) is 0 Å². The van der Waals surface area contributed by atoms with E-state index in [0.717, 1.165) is 5.69 Å². The number of rotatable bonds is 1. The molecule has 1 heterocycles. The predicted molar refractivity (Wildman–Crippen MR) is 55.5 cm³/mol. The number of benzene rings is 1. The summed E-state index contributed by atoms with van der Waals surface area (Å²) < 4.78 is 1.53. The molecule has 4 nitrogen and oxygen atoms in total. The van der Waals surface area contributed by atoms with E-state index in [2.05, 4.69) is 10.1 Å². The lowest BCUT2D eigenvalue weighted by Crippen LogP contribution is -2.02. The van der Waals surface area contributed by atoms with Gasteiger partial charge in [0.15, 0.2) is 0 Å². The molecule has 14 heavy (non-hydrogen) atoms. The van der Waals surface area contributed by atoms with Crippen LogP contribution in [0.2, 0.25) is 5.02 Å². The van der Waals surface area contributed by atoms with Crippen molar-refractivity contribution in [1.82, 2.24) is 14.8 Å². The molecule has 0 aliphatic carbocycles. The summed E-state index contributed by atoms with van der Waals surface area (Å²) in [5.74, 6) is 0.970. The van der Waals surface area contributed by atoms with Gasteiger partial charge in [0, 0.05) is 0 Å². The number of hydrogen-bond donors (Lipinski definition) is 1. The molecule has 2 N–H and O–H groups in total. The number of anilines is 1. The van der Waals surface area contributed by atoms with Crippen LogP contribution in [0.4, 0.5) is 5.95 Å². The van der Waals surface area contributed by atoms with Gasteiger partial charge >= 0.3 is 0 Å². The number of aryl methyl sites for hydroxylation is 1. The number of aromatic nitrogens is 3. The van der Waals surface area contributed by atoms with E-state index in [1.807, 2.05) is 18.2 Å². The van der Waals surface area contributed by atoms with Crippen LogP contribution >= 0.6 is 11.6 Å². The van der Waals surface area contributed by atoms with Crippen molar-refractivity contribution in [2.24, 2.45) is 0 Å². The Hall–Kier alpha value is -1.55. The van der Waals surface area contributed by atoms with Crippen molar-refractivity contribution in [2.45, 2.75) is 6.92 Å². The number of hydrogen-bond acceptors (Lipinski definition) is 3. The maximum Gasteiger partial charge on any atom is 0.223 e. The molecule has 0 saturated heterocycles. The zero-order chi connectivity index (χ0) is 10.1. The first-order chi connectivity index (χ1) is 6.68. The molecule has 0 aliphatic heterocycles. The van der Waals surface area contributed by atoms with Gasteiger partial charge in [-0.3, -0.25) is 0 Å². The van der Waals surface area contributed by atoms with Crippen molar-refractivity contribution in [2.75, 3.05) is 5.73 Å². The molecule has 0 spiro atoms. The molecule has 1 aromatic carbocycles. The maximum absolute atomic E-state index is 6.00. The molecule has 0 aliphatic rings. The van der Waals surface area contributed by atoms with Gasteiger partial charge in [0.25, 0.3) is 0 Å². The zero-order valence-corrected chi connectivity index (χ0v) is 8.36. The summed E-state index contributed by atoms with van der Waals surface area (Å²) in [6.45, 7) is 1.78. The summed E-state index contributed by atoms with van der Waals surface area (Å²) in [5.41, 5.74) is 6.42. The summed E-state index contributed by atoms with van der Waals surface area (Å²) in [5, 5.41) is 4.74. The van der Waals surface area contributed by atoms with Crippen LogP contribution in [0.25, 0.3) is 5.69 Å². The summed E-state index contributed by atoms with van der Waals surface area (Å²) >= 11 is 6.00. The van der Waals surface area contributed by atoms with E-state index in [1.54, 1.807) is 13.0 Å². The second kappa shape index (κ2) is 3.31. The zero-order valence-electron chi connectivity index (χ0n) is 7.61. The molecule has 5 heteroatoms. The highest BCUT2D eigenvalue weighted by Crippen LogP contribution is 2.20. The van der Waals surface area contributed by atoms with Crippen LogP contribution in [0.5, 0.6) is 0 Å². The second-order valence-corrected chi connectivity index (χ2v) is 3.29. The smallest absolute Gasteiger partial charge is 0.223 e. The number of para-hydroxylation sites is 1. The minimum absolute atomic E-state index is 0.343. The summed E-state index contributed by atoms with van der Waals surface area (Å²) in [6, 6.07) is 7.35. The fourth-order valence-electron chi connectivity index (χ4n) is 1.23. The van der Waals surface area contributed by atoms with Crippen molar-refractivity contribution in [3.05, 3.63) is 35.1 Å². The summed E-state index contributed by atoms with van der Waals surface area (Å²) in [4.78, 5) is 4.00. The third-order valence-electron chi connectivity index (χ3n) is 1.82. The van der Waals surface area contributed by atoms with Gasteiger partial charge in [-0.15, -0.1) is 5.10 Å². The first-order valence-corrected chi connectivity index (χ1v) is 4.50. The number of nitrogens with zero attached hydrogens (tertiary/aromatic N) is 3. The molecule has 0 atom stereocenters. The lowest BCUT2D eigenvalue weighted by atomic mass is 10.3. The minimum Gasteiger partial charge on any atom is -0.368 e. The van der Waals surface area contributed by atoms with Crippen LogP contribution in [0, 0.1) is 6.92 Å². The second-order valence-electron chi connectivity index (χ2n) is 2.88. The number of nitrogens with two attached hydrogens (primary N) is 1. The first-order valence-electron chi connectivity index (χ1n) is 4.12. The SMILES string of the molecule is Cc1nc(N)n(-c2ccccc2Cl)n1. The van der Waals surface area contributed by atoms with E-state index >= 15 is 0 Å².